The Balaban J connectivity index is 1.89. The number of nitrogens with zero attached hydrogens (tertiary/aromatic N) is 1. The zero-order chi connectivity index (χ0) is 23.1. The van der Waals surface area contributed by atoms with Gasteiger partial charge in [0.05, 0.1) is 6.54 Å². The first-order valence-electron chi connectivity index (χ1n) is 14.8. The second-order valence-electron chi connectivity index (χ2n) is 10.8. The third-order valence-corrected chi connectivity index (χ3v) is 7.05. The Bertz CT molecular complexity index is 491. The molecule has 0 amide bonds. The number of hydrogen-bond donors (Lipinski definition) is 1. The molecule has 0 aliphatic heterocycles. The van der Waals surface area contributed by atoms with Crippen molar-refractivity contribution in [3.63, 3.8) is 0 Å². The zero-order valence-corrected chi connectivity index (χ0v) is 22.4. The third kappa shape index (κ3) is 17.7. The van der Waals surface area contributed by atoms with Crippen molar-refractivity contribution in [3.05, 3.63) is 18.2 Å². The Morgan fingerprint density at radius 2 is 1.09 bits per heavy atom. The van der Waals surface area contributed by atoms with Gasteiger partial charge in [-0.15, -0.1) is 0 Å². The van der Waals surface area contributed by atoms with Crippen molar-refractivity contribution in [2.45, 2.75) is 169 Å². The van der Waals surface area contributed by atoms with Crippen LogP contribution in [0, 0.1) is 5.92 Å². The first kappa shape index (κ1) is 29.2. The summed E-state index contributed by atoms with van der Waals surface area (Å²) in [4.78, 5) is 3.50. The highest BCUT2D eigenvalue weighted by Crippen LogP contribution is 2.14. The van der Waals surface area contributed by atoms with Crippen LogP contribution in [-0.2, 0) is 13.0 Å². The molecule has 0 saturated carbocycles. The smallest absolute Gasteiger partial charge is 0.248 e. The van der Waals surface area contributed by atoms with E-state index in [1.54, 1.807) is 0 Å². The molecule has 1 N–H and O–H groups in total. The predicted octanol–water partition coefficient (Wildman–Crippen LogP) is 9.71. The summed E-state index contributed by atoms with van der Waals surface area (Å²) in [5.74, 6) is 2.33. The predicted molar refractivity (Wildman–Crippen MR) is 142 cm³/mol. The normalized spacial score (nSPS) is 11.6. The topological polar surface area (TPSA) is 19.7 Å². The van der Waals surface area contributed by atoms with E-state index in [0.29, 0.717) is 0 Å². The Kier molecular flexibility index (Phi) is 20.1. The molecule has 32 heavy (non-hydrogen) atoms. The van der Waals surface area contributed by atoms with E-state index in [-0.39, 0.29) is 0 Å². The fraction of sp³-hybridized carbons (Fsp3) is 0.900. The summed E-state index contributed by atoms with van der Waals surface area (Å²) in [6.07, 6.45) is 35.5. The van der Waals surface area contributed by atoms with Gasteiger partial charge in [-0.3, -0.25) is 0 Å². The molecule has 0 aliphatic carbocycles. The van der Waals surface area contributed by atoms with E-state index in [4.69, 9.17) is 0 Å². The third-order valence-electron chi connectivity index (χ3n) is 7.05. The fourth-order valence-corrected chi connectivity index (χ4v) is 4.85. The average molecular weight is 448 g/mol. The van der Waals surface area contributed by atoms with Gasteiger partial charge in [0.1, 0.15) is 12.4 Å². The Labute approximate surface area is 202 Å². The number of hydrogen-bond acceptors (Lipinski definition) is 0. The van der Waals surface area contributed by atoms with Crippen LogP contribution in [0.25, 0.3) is 0 Å². The minimum absolute atomic E-state index is 0.886. The van der Waals surface area contributed by atoms with Gasteiger partial charge in [0, 0.05) is 6.42 Å². The molecule has 1 rings (SSSR count). The summed E-state index contributed by atoms with van der Waals surface area (Å²) in [6.45, 7) is 8.18. The molecule has 1 aromatic rings. The number of aryl methyl sites for hydroxylation is 2. The lowest BCUT2D eigenvalue weighted by atomic mass is 10.0. The number of rotatable bonds is 24. The van der Waals surface area contributed by atoms with Gasteiger partial charge in [-0.05, 0) is 25.2 Å². The van der Waals surface area contributed by atoms with Gasteiger partial charge in [0.2, 0.25) is 0 Å². The molecular formula is C30H59N2+. The fourth-order valence-electron chi connectivity index (χ4n) is 4.85. The van der Waals surface area contributed by atoms with E-state index in [0.717, 1.165) is 5.92 Å². The van der Waals surface area contributed by atoms with Crippen LogP contribution in [0.1, 0.15) is 161 Å². The van der Waals surface area contributed by atoms with Crippen molar-refractivity contribution in [1.29, 1.82) is 0 Å². The largest absolute Gasteiger partial charge is 0.254 e. The van der Waals surface area contributed by atoms with Gasteiger partial charge in [-0.25, -0.2) is 9.55 Å². The van der Waals surface area contributed by atoms with Crippen LogP contribution in [0.3, 0.4) is 0 Å². The standard InChI is InChI=1S/C30H58N2/c1-4-5-6-7-8-14-17-20-23-27-32-28-26-31-30(32)25-22-19-16-13-11-9-10-12-15-18-21-24-29(2)3/h26,28-29H,4-25,27H2,1-3H3/p+1. The summed E-state index contributed by atoms with van der Waals surface area (Å²) in [5.41, 5.74) is 0. The van der Waals surface area contributed by atoms with Crippen LogP contribution in [-0.4, -0.2) is 4.98 Å². The van der Waals surface area contributed by atoms with Crippen LogP contribution < -0.4 is 4.57 Å². The van der Waals surface area contributed by atoms with E-state index < -0.39 is 0 Å². The summed E-state index contributed by atoms with van der Waals surface area (Å²) in [5, 5.41) is 0. The second-order valence-corrected chi connectivity index (χ2v) is 10.8. The van der Waals surface area contributed by atoms with Gasteiger partial charge in [0.25, 0.3) is 5.82 Å². The minimum Gasteiger partial charge on any atom is -0.248 e. The van der Waals surface area contributed by atoms with Crippen LogP contribution in [0.4, 0.5) is 0 Å². The number of aromatic amines is 1. The van der Waals surface area contributed by atoms with Crippen molar-refractivity contribution >= 4 is 0 Å². The molecule has 0 bridgehead atoms. The summed E-state index contributed by atoms with van der Waals surface area (Å²) < 4.78 is 2.47. The molecule has 0 atom stereocenters. The molecule has 0 aromatic carbocycles. The molecule has 188 valence electrons. The zero-order valence-electron chi connectivity index (χ0n) is 22.4. The molecule has 0 spiro atoms. The molecule has 0 radical (unpaired) electrons. The molecule has 0 saturated heterocycles. The lowest BCUT2D eigenvalue weighted by Gasteiger charge is -2.05. The van der Waals surface area contributed by atoms with E-state index >= 15 is 0 Å². The maximum Gasteiger partial charge on any atom is 0.254 e. The number of unbranched alkanes of at least 4 members (excludes halogenated alkanes) is 18. The Hall–Kier alpha value is -0.790. The van der Waals surface area contributed by atoms with Gasteiger partial charge in [-0.2, -0.15) is 0 Å². The minimum atomic E-state index is 0.886. The number of nitrogens with one attached hydrogen (secondary N) is 1. The van der Waals surface area contributed by atoms with Crippen LogP contribution in [0.15, 0.2) is 12.4 Å². The van der Waals surface area contributed by atoms with E-state index in [1.165, 1.54) is 154 Å². The maximum atomic E-state index is 3.50. The molecule has 2 heteroatoms. The van der Waals surface area contributed by atoms with Crippen molar-refractivity contribution in [2.24, 2.45) is 5.92 Å². The maximum absolute atomic E-state index is 3.50. The Morgan fingerprint density at radius 1 is 0.625 bits per heavy atom. The molecule has 1 heterocycles. The highest BCUT2D eigenvalue weighted by atomic mass is 15.1. The first-order valence-corrected chi connectivity index (χ1v) is 14.8. The van der Waals surface area contributed by atoms with Gasteiger partial charge in [-0.1, -0.05) is 136 Å². The average Bonchev–Trinajstić information content (AvgIpc) is 3.22. The molecule has 0 unspecified atom stereocenters. The van der Waals surface area contributed by atoms with Crippen molar-refractivity contribution in [2.75, 3.05) is 0 Å². The summed E-state index contributed by atoms with van der Waals surface area (Å²) >= 11 is 0. The molecule has 1 aromatic heterocycles. The van der Waals surface area contributed by atoms with Crippen LogP contribution >= 0.6 is 0 Å². The SMILES string of the molecule is CCCCCCCCCCC[n+]1cc[nH]c1CCCCCCCCCCCCCC(C)C. The van der Waals surface area contributed by atoms with E-state index in [2.05, 4.69) is 42.7 Å². The van der Waals surface area contributed by atoms with Crippen LogP contribution in [0.2, 0.25) is 0 Å². The van der Waals surface area contributed by atoms with Crippen molar-refractivity contribution < 1.29 is 4.57 Å². The second kappa shape index (κ2) is 22.0. The van der Waals surface area contributed by atoms with Gasteiger partial charge >= 0.3 is 0 Å². The van der Waals surface area contributed by atoms with Crippen LogP contribution in [0.5, 0.6) is 0 Å². The highest BCUT2D eigenvalue weighted by molar-refractivity contribution is 4.77. The van der Waals surface area contributed by atoms with Crippen molar-refractivity contribution in [3.8, 4) is 0 Å². The molecule has 2 nitrogen and oxygen atoms in total. The van der Waals surface area contributed by atoms with Gasteiger partial charge in [0.15, 0.2) is 0 Å². The van der Waals surface area contributed by atoms with Gasteiger partial charge < -0.3 is 0 Å². The Morgan fingerprint density at radius 3 is 1.62 bits per heavy atom. The molecule has 0 aliphatic rings. The first-order chi connectivity index (χ1) is 15.7. The molecule has 0 fully saturated rings. The lowest BCUT2D eigenvalue weighted by molar-refractivity contribution is -0.703. The lowest BCUT2D eigenvalue weighted by Crippen LogP contribution is -2.36. The quantitative estimate of drug-likeness (QED) is 0.120. The summed E-state index contributed by atoms with van der Waals surface area (Å²) in [6, 6.07) is 0. The number of imidazole rings is 1. The van der Waals surface area contributed by atoms with E-state index in [9.17, 15) is 0 Å². The molecular weight excluding hydrogens is 388 g/mol. The number of aromatic nitrogens is 2. The highest BCUT2D eigenvalue weighted by Gasteiger charge is 2.09. The summed E-state index contributed by atoms with van der Waals surface area (Å²) in [7, 11) is 0. The van der Waals surface area contributed by atoms with E-state index in [1.807, 2.05) is 0 Å². The number of H-pyrrole nitrogens is 1. The monoisotopic (exact) mass is 447 g/mol. The van der Waals surface area contributed by atoms with Crippen molar-refractivity contribution in [1.82, 2.24) is 4.98 Å².